The second-order valence-corrected chi connectivity index (χ2v) is 4.50. The van der Waals surface area contributed by atoms with Crippen molar-refractivity contribution in [2.75, 3.05) is 7.05 Å². The zero-order valence-corrected chi connectivity index (χ0v) is 10.6. The van der Waals surface area contributed by atoms with Gasteiger partial charge in [0.05, 0.1) is 12.2 Å². The van der Waals surface area contributed by atoms with Crippen molar-refractivity contribution in [3.63, 3.8) is 0 Å². The van der Waals surface area contributed by atoms with Crippen LogP contribution < -0.4 is 5.32 Å². The van der Waals surface area contributed by atoms with E-state index < -0.39 is 0 Å². The molecule has 0 atom stereocenters. The number of aromatic amines is 1. The van der Waals surface area contributed by atoms with Crippen LogP contribution in [0.5, 0.6) is 0 Å². The number of nitrogens with one attached hydrogen (secondary N) is 2. The zero-order chi connectivity index (χ0) is 12.3. The summed E-state index contributed by atoms with van der Waals surface area (Å²) in [7, 11) is 1.93. The minimum atomic E-state index is 0.448. The van der Waals surface area contributed by atoms with Gasteiger partial charge in [0.1, 0.15) is 5.82 Å². The van der Waals surface area contributed by atoms with Crippen molar-refractivity contribution in [3.8, 4) is 11.3 Å². The lowest BCUT2D eigenvalue weighted by atomic mass is 10.0. The Morgan fingerprint density at radius 1 is 1.24 bits per heavy atom. The van der Waals surface area contributed by atoms with Crippen molar-refractivity contribution in [1.29, 1.82) is 0 Å². The van der Waals surface area contributed by atoms with E-state index in [1.54, 1.807) is 0 Å². The first-order chi connectivity index (χ1) is 8.22. The molecular weight excluding hydrogens is 210 g/mol. The fourth-order valence-corrected chi connectivity index (χ4v) is 1.92. The molecule has 1 aromatic carbocycles. The van der Waals surface area contributed by atoms with E-state index in [1.165, 1.54) is 11.3 Å². The SMILES string of the molecule is CNCc1nc(-c2ccccc2)c(C(C)C)[nH]1. The van der Waals surface area contributed by atoms with E-state index in [0.29, 0.717) is 5.92 Å². The Morgan fingerprint density at radius 3 is 2.53 bits per heavy atom. The second-order valence-electron chi connectivity index (χ2n) is 4.50. The third-order valence-corrected chi connectivity index (χ3v) is 2.75. The smallest absolute Gasteiger partial charge is 0.121 e. The quantitative estimate of drug-likeness (QED) is 0.846. The van der Waals surface area contributed by atoms with E-state index in [4.69, 9.17) is 0 Å². The van der Waals surface area contributed by atoms with Gasteiger partial charge in [-0.25, -0.2) is 4.98 Å². The fraction of sp³-hybridized carbons (Fsp3) is 0.357. The van der Waals surface area contributed by atoms with Gasteiger partial charge >= 0.3 is 0 Å². The van der Waals surface area contributed by atoms with Gasteiger partial charge in [0.15, 0.2) is 0 Å². The molecule has 0 fully saturated rings. The number of H-pyrrole nitrogens is 1. The highest BCUT2D eigenvalue weighted by molar-refractivity contribution is 5.62. The van der Waals surface area contributed by atoms with Gasteiger partial charge in [-0.3, -0.25) is 0 Å². The predicted octanol–water partition coefficient (Wildman–Crippen LogP) is 2.92. The van der Waals surface area contributed by atoms with Crippen molar-refractivity contribution in [2.45, 2.75) is 26.3 Å². The van der Waals surface area contributed by atoms with Crippen molar-refractivity contribution >= 4 is 0 Å². The molecule has 90 valence electrons. The summed E-state index contributed by atoms with van der Waals surface area (Å²) >= 11 is 0. The van der Waals surface area contributed by atoms with Gasteiger partial charge < -0.3 is 10.3 Å². The van der Waals surface area contributed by atoms with Crippen LogP contribution >= 0.6 is 0 Å². The van der Waals surface area contributed by atoms with E-state index >= 15 is 0 Å². The molecule has 1 heterocycles. The molecule has 3 heteroatoms. The molecular formula is C14H19N3. The summed E-state index contributed by atoms with van der Waals surface area (Å²) in [5, 5.41) is 3.12. The van der Waals surface area contributed by atoms with Crippen molar-refractivity contribution in [2.24, 2.45) is 0 Å². The Morgan fingerprint density at radius 2 is 1.94 bits per heavy atom. The molecule has 2 aromatic rings. The lowest BCUT2D eigenvalue weighted by Gasteiger charge is -2.05. The standard InChI is InChI=1S/C14H19N3/c1-10(2)13-14(11-7-5-4-6-8-11)17-12(16-13)9-15-3/h4-8,10,15H,9H2,1-3H3,(H,16,17). The van der Waals surface area contributed by atoms with Crippen LogP contribution in [0.4, 0.5) is 0 Å². The Bertz CT molecular complexity index is 471. The maximum atomic E-state index is 4.67. The number of rotatable bonds is 4. The van der Waals surface area contributed by atoms with E-state index in [9.17, 15) is 0 Å². The van der Waals surface area contributed by atoms with Crippen LogP contribution in [0.25, 0.3) is 11.3 Å². The van der Waals surface area contributed by atoms with Crippen LogP contribution in [-0.2, 0) is 6.54 Å². The van der Waals surface area contributed by atoms with Gasteiger partial charge in [-0.1, -0.05) is 44.2 Å². The van der Waals surface area contributed by atoms with Gasteiger partial charge in [-0.2, -0.15) is 0 Å². The van der Waals surface area contributed by atoms with Crippen molar-refractivity contribution in [3.05, 3.63) is 41.9 Å². The highest BCUT2D eigenvalue weighted by Gasteiger charge is 2.14. The lowest BCUT2D eigenvalue weighted by molar-refractivity contribution is 0.758. The van der Waals surface area contributed by atoms with Crippen LogP contribution in [0.3, 0.4) is 0 Å². The van der Waals surface area contributed by atoms with E-state index in [-0.39, 0.29) is 0 Å². The number of benzene rings is 1. The molecule has 2 N–H and O–H groups in total. The third-order valence-electron chi connectivity index (χ3n) is 2.75. The second kappa shape index (κ2) is 5.15. The van der Waals surface area contributed by atoms with Gasteiger partial charge in [-0.05, 0) is 13.0 Å². The summed E-state index contributed by atoms with van der Waals surface area (Å²) in [5.74, 6) is 1.44. The number of nitrogens with zero attached hydrogens (tertiary/aromatic N) is 1. The maximum Gasteiger partial charge on any atom is 0.121 e. The Kier molecular flexibility index (Phi) is 3.59. The Balaban J connectivity index is 2.44. The Labute approximate surface area is 102 Å². The molecule has 0 saturated heterocycles. The topological polar surface area (TPSA) is 40.7 Å². The highest BCUT2D eigenvalue weighted by atomic mass is 15.0. The van der Waals surface area contributed by atoms with Crippen LogP contribution in [-0.4, -0.2) is 17.0 Å². The molecule has 17 heavy (non-hydrogen) atoms. The summed E-state index contributed by atoms with van der Waals surface area (Å²) < 4.78 is 0. The molecule has 0 bridgehead atoms. The largest absolute Gasteiger partial charge is 0.344 e. The van der Waals surface area contributed by atoms with Gasteiger partial charge in [0.2, 0.25) is 0 Å². The molecule has 0 aliphatic rings. The molecule has 2 rings (SSSR count). The predicted molar refractivity (Wildman–Crippen MR) is 70.9 cm³/mol. The van der Waals surface area contributed by atoms with Gasteiger partial charge in [0, 0.05) is 11.3 Å². The zero-order valence-electron chi connectivity index (χ0n) is 10.6. The minimum absolute atomic E-state index is 0.448. The van der Waals surface area contributed by atoms with Gasteiger partial charge in [0.25, 0.3) is 0 Å². The molecule has 0 saturated carbocycles. The maximum absolute atomic E-state index is 4.67. The summed E-state index contributed by atoms with van der Waals surface area (Å²) in [6.45, 7) is 5.14. The van der Waals surface area contributed by atoms with Crippen molar-refractivity contribution < 1.29 is 0 Å². The molecule has 3 nitrogen and oxygen atoms in total. The molecule has 0 unspecified atom stereocenters. The summed E-state index contributed by atoms with van der Waals surface area (Å²) in [6.07, 6.45) is 0. The monoisotopic (exact) mass is 229 g/mol. The summed E-state index contributed by atoms with van der Waals surface area (Å²) in [6, 6.07) is 10.3. The van der Waals surface area contributed by atoms with E-state index in [2.05, 4.69) is 41.3 Å². The number of hydrogen-bond acceptors (Lipinski definition) is 2. The van der Waals surface area contributed by atoms with Crippen LogP contribution in [0, 0.1) is 0 Å². The third kappa shape index (κ3) is 2.56. The van der Waals surface area contributed by atoms with Crippen LogP contribution in [0.1, 0.15) is 31.3 Å². The molecule has 0 aliphatic carbocycles. The average molecular weight is 229 g/mol. The van der Waals surface area contributed by atoms with Crippen LogP contribution in [0.15, 0.2) is 30.3 Å². The number of aromatic nitrogens is 2. The first-order valence-electron chi connectivity index (χ1n) is 6.01. The highest BCUT2D eigenvalue weighted by Crippen LogP contribution is 2.26. The average Bonchev–Trinajstić information content (AvgIpc) is 2.75. The van der Waals surface area contributed by atoms with E-state index in [0.717, 1.165) is 18.1 Å². The molecule has 0 amide bonds. The molecule has 0 aliphatic heterocycles. The molecule has 1 aromatic heterocycles. The Hall–Kier alpha value is -1.61. The first kappa shape index (κ1) is 11.9. The molecule has 0 spiro atoms. The fourth-order valence-electron chi connectivity index (χ4n) is 1.92. The lowest BCUT2D eigenvalue weighted by Crippen LogP contribution is -2.06. The number of imidazole rings is 1. The van der Waals surface area contributed by atoms with Crippen LogP contribution in [0.2, 0.25) is 0 Å². The van der Waals surface area contributed by atoms with E-state index in [1.807, 2.05) is 25.2 Å². The minimum Gasteiger partial charge on any atom is -0.344 e. The summed E-state index contributed by atoms with van der Waals surface area (Å²) in [5.41, 5.74) is 3.46. The van der Waals surface area contributed by atoms with Crippen molar-refractivity contribution in [1.82, 2.24) is 15.3 Å². The summed E-state index contributed by atoms with van der Waals surface area (Å²) in [4.78, 5) is 8.08. The first-order valence-corrected chi connectivity index (χ1v) is 6.01. The molecule has 0 radical (unpaired) electrons. The number of hydrogen-bond donors (Lipinski definition) is 2. The normalized spacial score (nSPS) is 11.1. The van der Waals surface area contributed by atoms with Gasteiger partial charge in [-0.15, -0.1) is 0 Å².